The van der Waals surface area contributed by atoms with Crippen LogP contribution in [-0.4, -0.2) is 36.5 Å². The molecule has 0 aliphatic carbocycles. The summed E-state index contributed by atoms with van der Waals surface area (Å²) in [7, 11) is 0. The molecule has 4 heteroatoms. The van der Waals surface area contributed by atoms with E-state index in [9.17, 15) is 4.79 Å². The average molecular weight is 372 g/mol. The lowest BCUT2D eigenvalue weighted by Crippen LogP contribution is -2.33. The van der Waals surface area contributed by atoms with Crippen LogP contribution in [0.5, 0.6) is 0 Å². The van der Waals surface area contributed by atoms with Gasteiger partial charge in [-0.25, -0.2) is 0 Å². The van der Waals surface area contributed by atoms with Gasteiger partial charge in [-0.15, -0.1) is 0 Å². The second kappa shape index (κ2) is 6.70. The summed E-state index contributed by atoms with van der Waals surface area (Å²) in [5, 5.41) is 3.07. The quantitative estimate of drug-likeness (QED) is 0.825. The Balaban J connectivity index is 1.84. The van der Waals surface area contributed by atoms with Crippen LogP contribution in [0.3, 0.4) is 0 Å². The number of halogens is 1. The molecule has 0 aromatic heterocycles. The van der Waals surface area contributed by atoms with Gasteiger partial charge in [0.15, 0.2) is 0 Å². The van der Waals surface area contributed by atoms with Gasteiger partial charge in [-0.2, -0.15) is 0 Å². The average Bonchev–Trinajstić information content (AvgIpc) is 2.85. The van der Waals surface area contributed by atoms with E-state index in [0.717, 1.165) is 28.8 Å². The highest BCUT2D eigenvalue weighted by molar-refractivity contribution is 14.1. The molecule has 0 spiro atoms. The van der Waals surface area contributed by atoms with E-state index in [1.54, 1.807) is 0 Å². The van der Waals surface area contributed by atoms with Crippen LogP contribution in [0.25, 0.3) is 0 Å². The number of benzene rings is 1. The lowest BCUT2D eigenvalue weighted by atomic mass is 10.1. The molecular formula is C15H21IN2O. The Labute approximate surface area is 128 Å². The van der Waals surface area contributed by atoms with Crippen molar-refractivity contribution >= 4 is 28.5 Å². The van der Waals surface area contributed by atoms with Crippen molar-refractivity contribution in [2.75, 3.05) is 19.6 Å². The number of hydrogen-bond donors (Lipinski definition) is 1. The van der Waals surface area contributed by atoms with Crippen molar-refractivity contribution in [3.05, 3.63) is 33.4 Å². The number of amides is 1. The first-order chi connectivity index (χ1) is 9.08. The monoisotopic (exact) mass is 372 g/mol. The fourth-order valence-electron chi connectivity index (χ4n) is 2.48. The van der Waals surface area contributed by atoms with E-state index in [-0.39, 0.29) is 5.91 Å². The molecule has 1 amide bonds. The molecule has 1 fully saturated rings. The summed E-state index contributed by atoms with van der Waals surface area (Å²) in [5.41, 5.74) is 0.779. The van der Waals surface area contributed by atoms with E-state index in [2.05, 4.69) is 46.7 Å². The Kier molecular flexibility index (Phi) is 5.21. The Morgan fingerprint density at radius 1 is 1.47 bits per heavy atom. The first kappa shape index (κ1) is 14.8. The van der Waals surface area contributed by atoms with Crippen LogP contribution >= 0.6 is 22.6 Å². The van der Waals surface area contributed by atoms with Gasteiger partial charge in [0.2, 0.25) is 0 Å². The Morgan fingerprint density at radius 3 is 2.84 bits per heavy atom. The highest BCUT2D eigenvalue weighted by Gasteiger charge is 2.24. The molecule has 19 heavy (non-hydrogen) atoms. The number of nitrogens with zero attached hydrogens (tertiary/aromatic N) is 1. The van der Waals surface area contributed by atoms with Crippen molar-refractivity contribution in [2.45, 2.75) is 26.3 Å². The fourth-order valence-corrected chi connectivity index (χ4v) is 3.11. The summed E-state index contributed by atoms with van der Waals surface area (Å²) in [6.07, 6.45) is 1.18. The predicted octanol–water partition coefficient (Wildman–Crippen LogP) is 2.75. The summed E-state index contributed by atoms with van der Waals surface area (Å²) >= 11 is 2.21. The summed E-state index contributed by atoms with van der Waals surface area (Å²) in [5.74, 6) is 0.640. The molecule has 2 rings (SSSR count). The van der Waals surface area contributed by atoms with Gasteiger partial charge in [-0.1, -0.05) is 12.1 Å². The highest BCUT2D eigenvalue weighted by Crippen LogP contribution is 2.18. The van der Waals surface area contributed by atoms with E-state index in [4.69, 9.17) is 0 Å². The molecule has 0 saturated carbocycles. The van der Waals surface area contributed by atoms with Crippen molar-refractivity contribution in [2.24, 2.45) is 5.92 Å². The number of carbonyl (C=O) groups is 1. The SMILES string of the molecule is CC(C)N1CCC(CNC(=O)c2ccccc2I)C1. The molecule has 1 aliphatic heterocycles. The smallest absolute Gasteiger partial charge is 0.252 e. The van der Waals surface area contributed by atoms with E-state index in [1.165, 1.54) is 6.42 Å². The maximum atomic E-state index is 12.1. The lowest BCUT2D eigenvalue weighted by molar-refractivity contribution is 0.0946. The van der Waals surface area contributed by atoms with Crippen molar-refractivity contribution in [1.82, 2.24) is 10.2 Å². The highest BCUT2D eigenvalue weighted by atomic mass is 127. The van der Waals surface area contributed by atoms with Crippen molar-refractivity contribution in [3.63, 3.8) is 0 Å². The van der Waals surface area contributed by atoms with Crippen molar-refractivity contribution in [3.8, 4) is 0 Å². The van der Waals surface area contributed by atoms with Crippen LogP contribution in [0.4, 0.5) is 0 Å². The van der Waals surface area contributed by atoms with Crippen LogP contribution in [0.15, 0.2) is 24.3 Å². The first-order valence-corrected chi connectivity index (χ1v) is 7.92. The van der Waals surface area contributed by atoms with Gasteiger partial charge in [0.1, 0.15) is 0 Å². The largest absolute Gasteiger partial charge is 0.352 e. The molecule has 1 aromatic carbocycles. The molecule has 1 N–H and O–H groups in total. The molecule has 1 atom stereocenters. The van der Waals surface area contributed by atoms with E-state index in [1.807, 2.05) is 24.3 Å². The summed E-state index contributed by atoms with van der Waals surface area (Å²) < 4.78 is 1.01. The third kappa shape index (κ3) is 3.92. The van der Waals surface area contributed by atoms with Crippen LogP contribution in [0.1, 0.15) is 30.6 Å². The first-order valence-electron chi connectivity index (χ1n) is 6.84. The lowest BCUT2D eigenvalue weighted by Gasteiger charge is -2.20. The van der Waals surface area contributed by atoms with E-state index in [0.29, 0.717) is 12.0 Å². The summed E-state index contributed by atoms with van der Waals surface area (Å²) in [4.78, 5) is 14.6. The molecule has 3 nitrogen and oxygen atoms in total. The summed E-state index contributed by atoms with van der Waals surface area (Å²) in [6.45, 7) is 7.50. The molecule has 1 heterocycles. The molecule has 0 bridgehead atoms. The molecular weight excluding hydrogens is 351 g/mol. The molecule has 1 aromatic rings. The van der Waals surface area contributed by atoms with Crippen LogP contribution < -0.4 is 5.32 Å². The maximum Gasteiger partial charge on any atom is 0.252 e. The van der Waals surface area contributed by atoms with Crippen LogP contribution in [0, 0.1) is 9.49 Å². The van der Waals surface area contributed by atoms with Crippen LogP contribution in [0.2, 0.25) is 0 Å². The standard InChI is InChI=1S/C15H21IN2O/c1-11(2)18-8-7-12(10-18)9-17-15(19)13-5-3-4-6-14(13)16/h3-6,11-12H,7-10H2,1-2H3,(H,17,19). The Morgan fingerprint density at radius 2 is 2.21 bits per heavy atom. The minimum atomic E-state index is 0.0491. The zero-order chi connectivity index (χ0) is 13.8. The van der Waals surface area contributed by atoms with Crippen LogP contribution in [-0.2, 0) is 0 Å². The van der Waals surface area contributed by atoms with Gasteiger partial charge in [0, 0.05) is 22.7 Å². The van der Waals surface area contributed by atoms with Gasteiger partial charge in [0.25, 0.3) is 5.91 Å². The summed E-state index contributed by atoms with van der Waals surface area (Å²) in [6, 6.07) is 8.32. The van der Waals surface area contributed by atoms with E-state index < -0.39 is 0 Å². The van der Waals surface area contributed by atoms with Gasteiger partial charge in [-0.05, 0) is 67.5 Å². The second-order valence-electron chi connectivity index (χ2n) is 5.43. The zero-order valence-corrected chi connectivity index (χ0v) is 13.7. The number of likely N-dealkylation sites (tertiary alicyclic amines) is 1. The number of nitrogens with one attached hydrogen (secondary N) is 1. The Bertz CT molecular complexity index is 448. The maximum absolute atomic E-state index is 12.1. The fraction of sp³-hybridized carbons (Fsp3) is 0.533. The molecule has 0 radical (unpaired) electrons. The third-order valence-electron chi connectivity index (χ3n) is 3.72. The molecule has 104 valence electrons. The minimum absolute atomic E-state index is 0.0491. The van der Waals surface area contributed by atoms with Gasteiger partial charge in [0.05, 0.1) is 5.56 Å². The van der Waals surface area contributed by atoms with E-state index >= 15 is 0 Å². The normalized spacial score (nSPS) is 19.9. The van der Waals surface area contributed by atoms with Crippen molar-refractivity contribution < 1.29 is 4.79 Å². The molecule has 1 unspecified atom stereocenters. The number of rotatable bonds is 4. The minimum Gasteiger partial charge on any atom is -0.352 e. The Hall–Kier alpha value is -0.620. The van der Waals surface area contributed by atoms with Crippen molar-refractivity contribution in [1.29, 1.82) is 0 Å². The number of carbonyl (C=O) groups excluding carboxylic acids is 1. The topological polar surface area (TPSA) is 32.3 Å². The third-order valence-corrected chi connectivity index (χ3v) is 4.66. The second-order valence-corrected chi connectivity index (χ2v) is 6.60. The van der Waals surface area contributed by atoms with Gasteiger partial charge >= 0.3 is 0 Å². The zero-order valence-electron chi connectivity index (χ0n) is 11.5. The molecule has 1 aliphatic rings. The number of hydrogen-bond acceptors (Lipinski definition) is 2. The van der Waals surface area contributed by atoms with Gasteiger partial charge < -0.3 is 10.2 Å². The predicted molar refractivity (Wildman–Crippen MR) is 86.3 cm³/mol. The van der Waals surface area contributed by atoms with Gasteiger partial charge in [-0.3, -0.25) is 4.79 Å². The molecule has 1 saturated heterocycles.